The molecule has 0 unspecified atom stereocenters. The third-order valence-electron chi connectivity index (χ3n) is 4.32. The first-order valence-corrected chi connectivity index (χ1v) is 11.7. The molecule has 30 heavy (non-hydrogen) atoms. The molecule has 0 aliphatic heterocycles. The Labute approximate surface area is 180 Å². The molecule has 0 spiro atoms. The summed E-state index contributed by atoms with van der Waals surface area (Å²) in [6, 6.07) is 7.69. The van der Waals surface area contributed by atoms with E-state index in [0.717, 1.165) is 23.9 Å². The van der Waals surface area contributed by atoms with Crippen molar-refractivity contribution in [1.29, 1.82) is 0 Å². The average Bonchev–Trinajstić information content (AvgIpc) is 2.67. The van der Waals surface area contributed by atoms with Crippen molar-refractivity contribution in [1.82, 2.24) is 4.31 Å². The van der Waals surface area contributed by atoms with Crippen LogP contribution in [0.1, 0.15) is 13.8 Å². The van der Waals surface area contributed by atoms with Crippen LogP contribution in [0.2, 0.25) is 0 Å². The maximum atomic E-state index is 13.8. The topological polar surface area (TPSA) is 69.7 Å². The lowest BCUT2D eigenvalue weighted by atomic mass is 10.2. The third kappa shape index (κ3) is 5.71. The van der Waals surface area contributed by atoms with Crippen LogP contribution in [0.3, 0.4) is 0 Å². The van der Waals surface area contributed by atoms with E-state index in [1.165, 1.54) is 22.5 Å². The normalized spacial score (nSPS) is 11.6. The number of hydrogen-bond donors (Lipinski definition) is 1. The number of rotatable bonds is 9. The predicted octanol–water partition coefficient (Wildman–Crippen LogP) is 3.79. The van der Waals surface area contributed by atoms with Crippen LogP contribution in [-0.2, 0) is 14.8 Å². The Morgan fingerprint density at radius 2 is 1.73 bits per heavy atom. The molecule has 164 valence electrons. The van der Waals surface area contributed by atoms with Crippen LogP contribution in [0, 0.1) is 11.6 Å². The molecule has 0 radical (unpaired) electrons. The molecule has 1 amide bonds. The monoisotopic (exact) mass is 457 g/mol. The minimum atomic E-state index is -3.69. The van der Waals surface area contributed by atoms with E-state index < -0.39 is 27.6 Å². The number of halogens is 2. The van der Waals surface area contributed by atoms with E-state index >= 15 is 0 Å². The van der Waals surface area contributed by atoms with Crippen LogP contribution < -0.4 is 10.2 Å². The van der Waals surface area contributed by atoms with Gasteiger partial charge in [0.2, 0.25) is 15.9 Å². The number of thioether (sulfide) groups is 1. The fourth-order valence-electron chi connectivity index (χ4n) is 2.80. The molecular weight excluding hydrogens is 432 g/mol. The molecule has 0 atom stereocenters. The van der Waals surface area contributed by atoms with Crippen molar-refractivity contribution in [3.05, 3.63) is 48.0 Å². The first-order chi connectivity index (χ1) is 14.1. The Hall–Kier alpha value is -2.17. The highest BCUT2D eigenvalue weighted by Gasteiger charge is 2.23. The highest BCUT2D eigenvalue weighted by atomic mass is 32.2. The van der Waals surface area contributed by atoms with Crippen molar-refractivity contribution in [2.45, 2.75) is 23.6 Å². The Kier molecular flexibility index (Phi) is 8.22. The summed E-state index contributed by atoms with van der Waals surface area (Å²) >= 11 is 0.925. The first kappa shape index (κ1) is 24.1. The molecule has 1 N–H and O–H groups in total. The number of amides is 1. The summed E-state index contributed by atoms with van der Waals surface area (Å²) in [6.07, 6.45) is 0. The summed E-state index contributed by atoms with van der Waals surface area (Å²) in [6.45, 7) is 4.17. The molecule has 2 aromatic rings. The van der Waals surface area contributed by atoms with E-state index in [-0.39, 0.29) is 15.5 Å². The van der Waals surface area contributed by atoms with Gasteiger partial charge in [0.05, 0.1) is 22.0 Å². The van der Waals surface area contributed by atoms with E-state index in [1.54, 1.807) is 38.9 Å². The summed E-state index contributed by atoms with van der Waals surface area (Å²) in [7, 11) is -0.154. The fraction of sp³-hybridized carbons (Fsp3) is 0.350. The third-order valence-corrected chi connectivity index (χ3v) is 7.41. The second kappa shape index (κ2) is 10.2. The van der Waals surface area contributed by atoms with Gasteiger partial charge in [-0.2, -0.15) is 4.31 Å². The van der Waals surface area contributed by atoms with Gasteiger partial charge in [-0.15, -0.1) is 11.8 Å². The van der Waals surface area contributed by atoms with E-state index in [0.29, 0.717) is 24.5 Å². The molecule has 0 aromatic heterocycles. The number of nitrogens with zero attached hydrogens (tertiary/aromatic N) is 2. The van der Waals surface area contributed by atoms with Crippen LogP contribution in [0.4, 0.5) is 20.2 Å². The molecule has 0 saturated heterocycles. The largest absolute Gasteiger partial charge is 0.376 e. The van der Waals surface area contributed by atoms with Gasteiger partial charge < -0.3 is 10.2 Å². The van der Waals surface area contributed by atoms with Gasteiger partial charge in [0.25, 0.3) is 0 Å². The van der Waals surface area contributed by atoms with E-state index in [2.05, 4.69) is 5.32 Å². The predicted molar refractivity (Wildman–Crippen MR) is 117 cm³/mol. The van der Waals surface area contributed by atoms with Crippen molar-refractivity contribution in [3.63, 3.8) is 0 Å². The Morgan fingerprint density at radius 3 is 2.30 bits per heavy atom. The molecule has 6 nitrogen and oxygen atoms in total. The maximum Gasteiger partial charge on any atom is 0.243 e. The number of anilines is 2. The van der Waals surface area contributed by atoms with Crippen molar-refractivity contribution < 1.29 is 22.0 Å². The van der Waals surface area contributed by atoms with Gasteiger partial charge in [0.1, 0.15) is 11.6 Å². The van der Waals surface area contributed by atoms with Gasteiger partial charge in [-0.3, -0.25) is 4.79 Å². The van der Waals surface area contributed by atoms with Gasteiger partial charge >= 0.3 is 0 Å². The maximum absolute atomic E-state index is 13.8. The zero-order valence-electron chi connectivity index (χ0n) is 17.3. The summed E-state index contributed by atoms with van der Waals surface area (Å²) in [4.78, 5) is 14.4. The van der Waals surface area contributed by atoms with Crippen molar-refractivity contribution in [3.8, 4) is 0 Å². The SMILES string of the molecule is CCN(CC)S(=O)(=O)c1ccc(N(C)C)c(NC(=O)CSc2ccc(F)cc2F)c1. The molecule has 0 saturated carbocycles. The Bertz CT molecular complexity index is 1010. The molecule has 0 fully saturated rings. The van der Waals surface area contributed by atoms with Gasteiger partial charge in [-0.25, -0.2) is 17.2 Å². The van der Waals surface area contributed by atoms with Crippen LogP contribution in [0.25, 0.3) is 0 Å². The second-order valence-corrected chi connectivity index (χ2v) is 9.53. The average molecular weight is 458 g/mol. The molecule has 2 aromatic carbocycles. The first-order valence-electron chi connectivity index (χ1n) is 9.29. The summed E-state index contributed by atoms with van der Waals surface area (Å²) < 4.78 is 53.7. The molecule has 2 rings (SSSR count). The molecule has 0 aliphatic carbocycles. The smallest absolute Gasteiger partial charge is 0.243 e. The number of carbonyl (C=O) groups is 1. The van der Waals surface area contributed by atoms with Gasteiger partial charge in [0.15, 0.2) is 0 Å². The van der Waals surface area contributed by atoms with Gasteiger partial charge in [-0.1, -0.05) is 13.8 Å². The van der Waals surface area contributed by atoms with Crippen molar-refractivity contribution >= 4 is 39.1 Å². The quantitative estimate of drug-likeness (QED) is 0.580. The summed E-state index contributed by atoms with van der Waals surface area (Å²) in [5.74, 6) is -2.00. The van der Waals surface area contributed by atoms with Crippen molar-refractivity contribution in [2.75, 3.05) is 43.2 Å². The summed E-state index contributed by atoms with van der Waals surface area (Å²) in [5.41, 5.74) is 0.957. The molecular formula is C20H25F2N3O3S2. The van der Waals surface area contributed by atoms with E-state index in [4.69, 9.17) is 0 Å². The lowest BCUT2D eigenvalue weighted by molar-refractivity contribution is -0.113. The highest BCUT2D eigenvalue weighted by molar-refractivity contribution is 8.00. The van der Waals surface area contributed by atoms with Gasteiger partial charge in [-0.05, 0) is 30.3 Å². The van der Waals surface area contributed by atoms with Crippen LogP contribution in [-0.4, -0.2) is 51.6 Å². The number of sulfonamides is 1. The molecule has 10 heteroatoms. The second-order valence-electron chi connectivity index (χ2n) is 6.57. The number of benzene rings is 2. The fourth-order valence-corrected chi connectivity index (χ4v) is 5.00. The summed E-state index contributed by atoms with van der Waals surface area (Å²) in [5, 5.41) is 2.70. The number of carbonyl (C=O) groups excluding carboxylic acids is 1. The minimum Gasteiger partial charge on any atom is -0.376 e. The lowest BCUT2D eigenvalue weighted by Gasteiger charge is -2.22. The zero-order chi connectivity index (χ0) is 22.5. The zero-order valence-corrected chi connectivity index (χ0v) is 18.9. The van der Waals surface area contributed by atoms with Crippen LogP contribution in [0.5, 0.6) is 0 Å². The Balaban J connectivity index is 2.25. The molecule has 0 heterocycles. The van der Waals surface area contributed by atoms with Gasteiger partial charge in [0, 0.05) is 38.1 Å². The molecule has 0 bridgehead atoms. The van der Waals surface area contributed by atoms with Crippen LogP contribution in [0.15, 0.2) is 46.2 Å². The highest BCUT2D eigenvalue weighted by Crippen LogP contribution is 2.30. The van der Waals surface area contributed by atoms with Crippen LogP contribution >= 0.6 is 11.8 Å². The lowest BCUT2D eigenvalue weighted by Crippen LogP contribution is -2.30. The van der Waals surface area contributed by atoms with Crippen molar-refractivity contribution in [2.24, 2.45) is 0 Å². The van der Waals surface area contributed by atoms with E-state index in [1.807, 2.05) is 0 Å². The minimum absolute atomic E-state index is 0.0735. The standard InChI is InChI=1S/C20H25F2N3O3S2/c1-5-25(6-2)30(27,28)15-8-9-18(24(3)4)17(12-15)23-20(26)13-29-19-10-7-14(21)11-16(19)22/h7-12H,5-6,13H2,1-4H3,(H,23,26). The number of nitrogens with one attached hydrogen (secondary N) is 1. The molecule has 0 aliphatic rings. The Morgan fingerprint density at radius 1 is 1.07 bits per heavy atom. The van der Waals surface area contributed by atoms with E-state index in [9.17, 15) is 22.0 Å². The number of hydrogen-bond acceptors (Lipinski definition) is 5.